The molecule has 1 aromatic carbocycles. The molecule has 0 aromatic heterocycles. The molecule has 90 valence electrons. The molecule has 1 aliphatic carbocycles. The van der Waals surface area contributed by atoms with Crippen molar-refractivity contribution >= 4 is 11.5 Å². The van der Waals surface area contributed by atoms with Crippen LogP contribution in [0.5, 0.6) is 5.75 Å². The smallest absolute Gasteiger partial charge is 0.314 e. The van der Waals surface area contributed by atoms with E-state index in [1.54, 1.807) is 0 Å². The predicted octanol–water partition coefficient (Wildman–Crippen LogP) is 2.23. The summed E-state index contributed by atoms with van der Waals surface area (Å²) >= 11 is 0. The molecule has 1 aromatic rings. The monoisotopic (exact) mass is 239 g/mol. The van der Waals surface area contributed by atoms with Crippen molar-refractivity contribution in [3.8, 4) is 5.75 Å². The second-order valence-electron chi connectivity index (χ2n) is 3.87. The largest absolute Gasteiger partial charge is 0.481 e. The van der Waals surface area contributed by atoms with Crippen LogP contribution in [0.25, 0.3) is 0 Å². The number of Topliss-reactive ketones (excluding diaryl/α,β-unsaturated/α-hetero) is 1. The second-order valence-corrected chi connectivity index (χ2v) is 3.87. The number of benzene rings is 1. The zero-order valence-electron chi connectivity index (χ0n) is 8.89. The lowest BCUT2D eigenvalue weighted by Crippen LogP contribution is -2.14. The molecule has 0 heterocycles. The fourth-order valence-corrected chi connectivity index (χ4v) is 1.81. The fourth-order valence-electron chi connectivity index (χ4n) is 1.81. The van der Waals surface area contributed by atoms with Gasteiger partial charge in [0.2, 0.25) is 5.75 Å². The lowest BCUT2D eigenvalue weighted by Gasteiger charge is -2.12. The van der Waals surface area contributed by atoms with Gasteiger partial charge in [0.25, 0.3) is 0 Å². The number of carbonyl (C=O) groups is 1. The Labute approximate surface area is 96.3 Å². The van der Waals surface area contributed by atoms with Crippen LogP contribution in [0, 0.1) is 15.9 Å². The van der Waals surface area contributed by atoms with Crippen LogP contribution in [0.2, 0.25) is 0 Å². The Morgan fingerprint density at radius 3 is 2.82 bits per heavy atom. The first-order valence-electron chi connectivity index (χ1n) is 5.19. The van der Waals surface area contributed by atoms with Crippen LogP contribution in [0.1, 0.15) is 19.3 Å². The maximum absolute atomic E-state index is 13.4. The average molecular weight is 239 g/mol. The summed E-state index contributed by atoms with van der Waals surface area (Å²) in [5.41, 5.74) is -0.413. The number of ketones is 1. The molecule has 1 aliphatic rings. The van der Waals surface area contributed by atoms with Gasteiger partial charge >= 0.3 is 5.69 Å². The van der Waals surface area contributed by atoms with Crippen molar-refractivity contribution in [1.82, 2.24) is 0 Å². The van der Waals surface area contributed by atoms with Crippen molar-refractivity contribution in [2.75, 3.05) is 0 Å². The lowest BCUT2D eigenvalue weighted by atomic mass is 10.2. The highest BCUT2D eigenvalue weighted by Gasteiger charge is 2.28. The number of para-hydroxylation sites is 1. The zero-order valence-corrected chi connectivity index (χ0v) is 8.89. The van der Waals surface area contributed by atoms with E-state index in [9.17, 15) is 19.3 Å². The first kappa shape index (κ1) is 11.5. The Balaban J connectivity index is 2.25. The molecule has 0 bridgehead atoms. The molecule has 0 spiro atoms. The Bertz CT molecular complexity index is 475. The maximum Gasteiger partial charge on any atom is 0.314 e. The number of rotatable bonds is 3. The van der Waals surface area contributed by atoms with Crippen molar-refractivity contribution < 1.29 is 18.8 Å². The van der Waals surface area contributed by atoms with Crippen molar-refractivity contribution in [3.63, 3.8) is 0 Å². The van der Waals surface area contributed by atoms with E-state index in [0.717, 1.165) is 6.07 Å². The van der Waals surface area contributed by atoms with E-state index in [4.69, 9.17) is 4.74 Å². The number of nitro benzene ring substituents is 1. The van der Waals surface area contributed by atoms with E-state index < -0.39 is 22.5 Å². The van der Waals surface area contributed by atoms with Gasteiger partial charge in [-0.15, -0.1) is 0 Å². The first-order chi connectivity index (χ1) is 8.08. The van der Waals surface area contributed by atoms with E-state index in [1.165, 1.54) is 12.1 Å². The second kappa shape index (κ2) is 4.48. The molecular weight excluding hydrogens is 229 g/mol. The first-order valence-corrected chi connectivity index (χ1v) is 5.19. The minimum absolute atomic E-state index is 0.0361. The van der Waals surface area contributed by atoms with E-state index in [1.807, 2.05) is 0 Å². The Morgan fingerprint density at radius 2 is 2.24 bits per heavy atom. The molecule has 5 nitrogen and oxygen atoms in total. The number of ether oxygens (including phenoxy) is 1. The zero-order chi connectivity index (χ0) is 12.4. The molecular formula is C11H10FNO4. The molecule has 0 aliphatic heterocycles. The molecule has 17 heavy (non-hydrogen) atoms. The van der Waals surface area contributed by atoms with E-state index in [0.29, 0.717) is 12.8 Å². The van der Waals surface area contributed by atoms with E-state index >= 15 is 0 Å². The van der Waals surface area contributed by atoms with Crippen LogP contribution < -0.4 is 4.74 Å². The molecule has 0 saturated heterocycles. The van der Waals surface area contributed by atoms with Crippen LogP contribution in [-0.4, -0.2) is 16.8 Å². The Hall–Kier alpha value is -1.98. The van der Waals surface area contributed by atoms with Gasteiger partial charge in [0.05, 0.1) is 4.92 Å². The van der Waals surface area contributed by atoms with Crippen molar-refractivity contribution in [2.45, 2.75) is 25.4 Å². The van der Waals surface area contributed by atoms with Crippen molar-refractivity contribution in [2.24, 2.45) is 0 Å². The van der Waals surface area contributed by atoms with Gasteiger partial charge in [-0.05, 0) is 12.5 Å². The van der Waals surface area contributed by atoms with Crippen molar-refractivity contribution in [3.05, 3.63) is 34.1 Å². The summed E-state index contributed by atoms with van der Waals surface area (Å²) in [7, 11) is 0. The molecule has 1 unspecified atom stereocenters. The molecule has 1 saturated carbocycles. The third kappa shape index (κ3) is 2.41. The lowest BCUT2D eigenvalue weighted by molar-refractivity contribution is -0.386. The van der Waals surface area contributed by atoms with E-state index in [-0.39, 0.29) is 18.0 Å². The third-order valence-electron chi connectivity index (χ3n) is 2.63. The summed E-state index contributed by atoms with van der Waals surface area (Å²) in [5, 5.41) is 10.7. The minimum atomic E-state index is -0.779. The van der Waals surface area contributed by atoms with Gasteiger partial charge < -0.3 is 4.74 Å². The Kier molecular flexibility index (Phi) is 3.03. The number of hydrogen-bond donors (Lipinski definition) is 0. The topological polar surface area (TPSA) is 69.4 Å². The molecule has 0 amide bonds. The van der Waals surface area contributed by atoms with Gasteiger partial charge in [0.1, 0.15) is 11.9 Å². The molecule has 0 radical (unpaired) electrons. The molecule has 6 heteroatoms. The molecule has 1 fully saturated rings. The quantitative estimate of drug-likeness (QED) is 0.599. The highest BCUT2D eigenvalue weighted by molar-refractivity contribution is 5.81. The summed E-state index contributed by atoms with van der Waals surface area (Å²) in [4.78, 5) is 21.0. The molecule has 1 atom stereocenters. The summed E-state index contributed by atoms with van der Waals surface area (Å²) in [6, 6.07) is 3.52. The predicted molar refractivity (Wildman–Crippen MR) is 56.3 cm³/mol. The van der Waals surface area contributed by atoms with Gasteiger partial charge in [-0.25, -0.2) is 4.39 Å². The van der Waals surface area contributed by atoms with Crippen LogP contribution >= 0.6 is 0 Å². The van der Waals surface area contributed by atoms with Gasteiger partial charge in [0.15, 0.2) is 5.82 Å². The highest BCUT2D eigenvalue weighted by Crippen LogP contribution is 2.32. The van der Waals surface area contributed by atoms with E-state index in [2.05, 4.69) is 0 Å². The molecule has 2 rings (SSSR count). The van der Waals surface area contributed by atoms with Crippen LogP contribution in [0.4, 0.5) is 10.1 Å². The van der Waals surface area contributed by atoms with Gasteiger partial charge in [-0.3, -0.25) is 14.9 Å². The van der Waals surface area contributed by atoms with Gasteiger partial charge in [0, 0.05) is 18.9 Å². The number of halogens is 1. The average Bonchev–Trinajstić information content (AvgIpc) is 2.67. The van der Waals surface area contributed by atoms with Crippen LogP contribution in [0.3, 0.4) is 0 Å². The van der Waals surface area contributed by atoms with Crippen molar-refractivity contribution in [1.29, 1.82) is 0 Å². The maximum atomic E-state index is 13.4. The standard InChI is InChI=1S/C11H10FNO4/c12-9-2-1-3-10(13(15)16)11(9)17-8-5-4-7(14)6-8/h1-3,8H,4-6H2. The number of nitro groups is 1. The SMILES string of the molecule is O=C1CCC(Oc2c(F)cccc2[N+](=O)[O-])C1. The number of hydrogen-bond acceptors (Lipinski definition) is 4. The van der Waals surface area contributed by atoms with Crippen LogP contribution in [-0.2, 0) is 4.79 Å². The fraction of sp³-hybridized carbons (Fsp3) is 0.364. The van der Waals surface area contributed by atoms with Crippen LogP contribution in [0.15, 0.2) is 18.2 Å². The highest BCUT2D eigenvalue weighted by atomic mass is 19.1. The minimum Gasteiger partial charge on any atom is -0.481 e. The third-order valence-corrected chi connectivity index (χ3v) is 2.63. The Morgan fingerprint density at radius 1 is 1.47 bits per heavy atom. The van der Waals surface area contributed by atoms with Gasteiger partial charge in [-0.1, -0.05) is 6.07 Å². The normalized spacial score (nSPS) is 19.4. The summed E-state index contributed by atoms with van der Waals surface area (Å²) in [6.45, 7) is 0. The summed E-state index contributed by atoms with van der Waals surface area (Å²) in [5.74, 6) is -1.12. The summed E-state index contributed by atoms with van der Waals surface area (Å²) < 4.78 is 18.7. The number of nitrogens with zero attached hydrogens (tertiary/aromatic N) is 1. The number of carbonyl (C=O) groups excluding carboxylic acids is 1. The molecule has 0 N–H and O–H groups in total. The summed E-state index contributed by atoms with van der Waals surface area (Å²) in [6.07, 6.45) is 0.584. The van der Waals surface area contributed by atoms with Gasteiger partial charge in [-0.2, -0.15) is 0 Å².